The number of aliphatic hydroxyl groups excluding tert-OH is 3. The van der Waals surface area contributed by atoms with Crippen LogP contribution in [0.1, 0.15) is 0 Å². The lowest BCUT2D eigenvalue weighted by Crippen LogP contribution is -2.30. The third-order valence-corrected chi connectivity index (χ3v) is 0.930. The van der Waals surface area contributed by atoms with E-state index in [-0.39, 0.29) is 0 Å². The predicted octanol–water partition coefficient (Wildman–Crippen LogP) is -2.31. The highest BCUT2D eigenvalue weighted by molar-refractivity contribution is 5.84. The van der Waals surface area contributed by atoms with Gasteiger partial charge in [-0.15, -0.1) is 0 Å². The first-order chi connectivity index (χ1) is 5.61. The summed E-state index contributed by atoms with van der Waals surface area (Å²) in [4.78, 5) is 14.3. The number of aliphatic imine (C=N–C) groups is 1. The van der Waals surface area contributed by atoms with Gasteiger partial charge in [0.15, 0.2) is 6.29 Å². The number of carbonyl (C=O) groups is 1. The van der Waals surface area contributed by atoms with Crippen molar-refractivity contribution < 1.29 is 25.2 Å². The largest absolute Gasteiger partial charge is 0.376 e. The fraction of sp³-hybridized carbons (Fsp3) is 0.600. The van der Waals surface area contributed by atoms with Gasteiger partial charge in [0.05, 0.1) is 6.21 Å². The highest BCUT2D eigenvalue weighted by Crippen LogP contribution is 1.89. The first-order valence-electron chi connectivity index (χ1n) is 3.02. The smallest absolute Gasteiger partial charge is 0.347 e. The second kappa shape index (κ2) is 5.61. The van der Waals surface area contributed by atoms with Gasteiger partial charge >= 0.3 is 6.03 Å². The molecule has 0 radical (unpaired) electrons. The highest BCUT2D eigenvalue weighted by atomic mass is 16.5. The standard InChI is InChI=1S/C5H10N2O5/c8-2-7(3-9)5(12)6-1-4(10)11/h1,4,8-11H,2-3H2. The summed E-state index contributed by atoms with van der Waals surface area (Å²) in [6.07, 6.45) is -1.26. The van der Waals surface area contributed by atoms with Crippen molar-refractivity contribution in [1.82, 2.24) is 4.90 Å². The lowest BCUT2D eigenvalue weighted by Gasteiger charge is -2.12. The quantitative estimate of drug-likeness (QED) is 0.286. The van der Waals surface area contributed by atoms with Crippen molar-refractivity contribution in [2.75, 3.05) is 13.5 Å². The Kier molecular flexibility index (Phi) is 5.13. The summed E-state index contributed by atoms with van der Waals surface area (Å²) < 4.78 is 0. The lowest BCUT2D eigenvalue weighted by atomic mass is 10.7. The minimum atomic E-state index is -1.83. The Labute approximate surface area is 68.2 Å². The van der Waals surface area contributed by atoms with Crippen LogP contribution in [0.25, 0.3) is 0 Å². The van der Waals surface area contributed by atoms with Gasteiger partial charge in [0.1, 0.15) is 13.5 Å². The molecule has 0 fully saturated rings. The monoisotopic (exact) mass is 178 g/mol. The number of carbonyl (C=O) groups excluding carboxylic acids is 1. The molecule has 0 unspecified atom stereocenters. The zero-order valence-corrected chi connectivity index (χ0v) is 6.16. The predicted molar refractivity (Wildman–Crippen MR) is 38.1 cm³/mol. The Morgan fingerprint density at radius 1 is 1.42 bits per heavy atom. The van der Waals surface area contributed by atoms with Gasteiger partial charge in [-0.3, -0.25) is 4.90 Å². The summed E-state index contributed by atoms with van der Waals surface area (Å²) >= 11 is 0. The molecule has 0 atom stereocenters. The number of hydrogen-bond acceptors (Lipinski definition) is 5. The summed E-state index contributed by atoms with van der Waals surface area (Å²) in [7, 11) is 0. The van der Waals surface area contributed by atoms with Crippen LogP contribution in [0.15, 0.2) is 4.99 Å². The maximum atomic E-state index is 10.7. The molecule has 0 aromatic carbocycles. The molecule has 0 heterocycles. The topological polar surface area (TPSA) is 114 Å². The van der Waals surface area contributed by atoms with Crippen LogP contribution in [-0.4, -0.2) is 57.3 Å². The Morgan fingerprint density at radius 3 is 2.25 bits per heavy atom. The lowest BCUT2D eigenvalue weighted by molar-refractivity contribution is 0.0232. The van der Waals surface area contributed by atoms with Crippen LogP contribution in [0, 0.1) is 0 Å². The molecule has 0 saturated carbocycles. The Morgan fingerprint density at radius 2 is 1.92 bits per heavy atom. The molecule has 4 N–H and O–H groups in total. The molecule has 0 aromatic heterocycles. The molecule has 0 spiro atoms. The van der Waals surface area contributed by atoms with Crippen LogP contribution < -0.4 is 0 Å². The van der Waals surface area contributed by atoms with Crippen LogP contribution in [0.2, 0.25) is 0 Å². The normalized spacial score (nSPS) is 11.1. The van der Waals surface area contributed by atoms with Gasteiger partial charge in [-0.2, -0.15) is 0 Å². The molecule has 0 aliphatic heterocycles. The van der Waals surface area contributed by atoms with Gasteiger partial charge in [-0.05, 0) is 0 Å². The van der Waals surface area contributed by atoms with E-state index in [2.05, 4.69) is 4.99 Å². The van der Waals surface area contributed by atoms with Crippen LogP contribution in [-0.2, 0) is 0 Å². The van der Waals surface area contributed by atoms with Crippen molar-refractivity contribution in [1.29, 1.82) is 0 Å². The summed E-state index contributed by atoms with van der Waals surface area (Å²) in [5.74, 6) is 0. The molecule has 7 heteroatoms. The third kappa shape index (κ3) is 3.98. The number of rotatable bonds is 3. The van der Waals surface area contributed by atoms with Gasteiger partial charge in [0.25, 0.3) is 0 Å². The molecule has 12 heavy (non-hydrogen) atoms. The third-order valence-electron chi connectivity index (χ3n) is 0.930. The molecule has 0 bridgehead atoms. The molecular weight excluding hydrogens is 168 g/mol. The number of urea groups is 1. The Hall–Kier alpha value is -1.02. The van der Waals surface area contributed by atoms with E-state index < -0.39 is 25.8 Å². The zero-order chi connectivity index (χ0) is 9.56. The summed E-state index contributed by atoms with van der Waals surface area (Å²) in [5.41, 5.74) is 0. The van der Waals surface area contributed by atoms with Crippen molar-refractivity contribution in [2.45, 2.75) is 6.29 Å². The van der Waals surface area contributed by atoms with E-state index in [9.17, 15) is 4.79 Å². The number of nitrogens with zero attached hydrogens (tertiary/aromatic N) is 2. The molecular formula is C5H10N2O5. The van der Waals surface area contributed by atoms with Gasteiger partial charge in [-0.25, -0.2) is 9.79 Å². The Balaban J connectivity index is 4.01. The average Bonchev–Trinajstić information content (AvgIpc) is 2.03. The second-order valence-electron chi connectivity index (χ2n) is 1.80. The fourth-order valence-electron chi connectivity index (χ4n) is 0.378. The molecule has 0 aliphatic rings. The van der Waals surface area contributed by atoms with Crippen molar-refractivity contribution >= 4 is 12.2 Å². The average molecular weight is 178 g/mol. The van der Waals surface area contributed by atoms with Crippen LogP contribution in [0.4, 0.5) is 4.79 Å². The number of amides is 2. The van der Waals surface area contributed by atoms with E-state index in [0.717, 1.165) is 0 Å². The number of aliphatic hydroxyl groups is 4. The van der Waals surface area contributed by atoms with Crippen LogP contribution in [0.5, 0.6) is 0 Å². The molecule has 7 nitrogen and oxygen atoms in total. The highest BCUT2D eigenvalue weighted by Gasteiger charge is 2.08. The fourth-order valence-corrected chi connectivity index (χ4v) is 0.378. The first kappa shape index (κ1) is 11.0. The van der Waals surface area contributed by atoms with Gasteiger partial charge in [0, 0.05) is 0 Å². The molecule has 70 valence electrons. The van der Waals surface area contributed by atoms with Crippen molar-refractivity contribution in [3.63, 3.8) is 0 Å². The molecule has 0 aliphatic carbocycles. The van der Waals surface area contributed by atoms with E-state index in [1.807, 2.05) is 0 Å². The minimum Gasteiger partial charge on any atom is -0.376 e. The van der Waals surface area contributed by atoms with Crippen molar-refractivity contribution in [3.8, 4) is 0 Å². The minimum absolute atomic E-state index is 0.570. The van der Waals surface area contributed by atoms with Crippen LogP contribution in [0.3, 0.4) is 0 Å². The first-order valence-corrected chi connectivity index (χ1v) is 3.02. The van der Waals surface area contributed by atoms with Gasteiger partial charge < -0.3 is 20.4 Å². The maximum Gasteiger partial charge on any atom is 0.347 e. The second-order valence-corrected chi connectivity index (χ2v) is 1.80. The van der Waals surface area contributed by atoms with Crippen molar-refractivity contribution in [2.24, 2.45) is 4.99 Å². The molecule has 0 aromatic rings. The molecule has 2 amide bonds. The summed E-state index contributed by atoms with van der Waals surface area (Å²) in [5, 5.41) is 33.3. The summed E-state index contributed by atoms with van der Waals surface area (Å²) in [6.45, 7) is -1.37. The molecule has 0 saturated heterocycles. The molecule has 0 rings (SSSR count). The maximum absolute atomic E-state index is 10.7. The van der Waals surface area contributed by atoms with Gasteiger partial charge in [0.2, 0.25) is 0 Å². The Bertz CT molecular complexity index is 165. The van der Waals surface area contributed by atoms with Crippen LogP contribution >= 0.6 is 0 Å². The van der Waals surface area contributed by atoms with Gasteiger partial charge in [-0.1, -0.05) is 0 Å². The van der Waals surface area contributed by atoms with E-state index in [1.54, 1.807) is 0 Å². The van der Waals surface area contributed by atoms with E-state index in [1.165, 1.54) is 0 Å². The summed E-state index contributed by atoms with van der Waals surface area (Å²) in [6, 6.07) is -0.951. The zero-order valence-electron chi connectivity index (χ0n) is 6.16. The van der Waals surface area contributed by atoms with E-state index in [0.29, 0.717) is 11.1 Å². The van der Waals surface area contributed by atoms with E-state index in [4.69, 9.17) is 20.4 Å². The number of hydrogen-bond donors (Lipinski definition) is 4. The SMILES string of the molecule is O=C(N=CC(O)O)N(CO)CO. The van der Waals surface area contributed by atoms with Crippen molar-refractivity contribution in [3.05, 3.63) is 0 Å². The van der Waals surface area contributed by atoms with E-state index >= 15 is 0 Å².